The second kappa shape index (κ2) is 15.9. The minimum absolute atomic E-state index is 0.822. The fourth-order valence-electron chi connectivity index (χ4n) is 3.30. The Morgan fingerprint density at radius 1 is 0.593 bits per heavy atom. The Labute approximate surface area is 168 Å². The molecule has 0 radical (unpaired) electrons. The van der Waals surface area contributed by atoms with E-state index >= 15 is 0 Å². The van der Waals surface area contributed by atoms with Crippen LogP contribution in [-0.2, 0) is 0 Å². The number of rotatable bonds is 17. The highest BCUT2D eigenvalue weighted by atomic mass is 16.5. The first-order valence-corrected chi connectivity index (χ1v) is 11.1. The molecule has 0 bridgehead atoms. The SMILES string of the molecule is CCN(CC)CCN(CCCCCOc1ccccc1)CCN(CC)CC. The number of hydrogen-bond donors (Lipinski definition) is 0. The van der Waals surface area contributed by atoms with Crippen molar-refractivity contribution in [3.63, 3.8) is 0 Å². The van der Waals surface area contributed by atoms with E-state index in [1.165, 1.54) is 45.6 Å². The van der Waals surface area contributed by atoms with Gasteiger partial charge in [0.25, 0.3) is 0 Å². The lowest BCUT2D eigenvalue weighted by Crippen LogP contribution is -2.40. The molecule has 27 heavy (non-hydrogen) atoms. The van der Waals surface area contributed by atoms with Crippen LogP contribution in [0, 0.1) is 0 Å². The number of para-hydroxylation sites is 1. The third-order valence-electron chi connectivity index (χ3n) is 5.38. The van der Waals surface area contributed by atoms with Gasteiger partial charge in [-0.3, -0.25) is 0 Å². The van der Waals surface area contributed by atoms with Crippen LogP contribution in [0.1, 0.15) is 47.0 Å². The van der Waals surface area contributed by atoms with E-state index in [1.807, 2.05) is 30.3 Å². The summed E-state index contributed by atoms with van der Waals surface area (Å²) in [6, 6.07) is 10.1. The van der Waals surface area contributed by atoms with Crippen LogP contribution in [0.5, 0.6) is 5.75 Å². The summed E-state index contributed by atoms with van der Waals surface area (Å²) in [5, 5.41) is 0. The van der Waals surface area contributed by atoms with Crippen LogP contribution in [0.3, 0.4) is 0 Å². The van der Waals surface area contributed by atoms with Gasteiger partial charge in [-0.05, 0) is 64.1 Å². The Hall–Kier alpha value is -1.10. The Morgan fingerprint density at radius 3 is 1.63 bits per heavy atom. The van der Waals surface area contributed by atoms with E-state index in [0.29, 0.717) is 0 Å². The zero-order chi connectivity index (χ0) is 19.7. The monoisotopic (exact) mass is 377 g/mol. The van der Waals surface area contributed by atoms with Crippen LogP contribution in [0.15, 0.2) is 30.3 Å². The zero-order valence-corrected chi connectivity index (χ0v) is 18.3. The first-order chi connectivity index (χ1) is 13.2. The van der Waals surface area contributed by atoms with Gasteiger partial charge in [-0.15, -0.1) is 0 Å². The van der Waals surface area contributed by atoms with Crippen LogP contribution in [0.25, 0.3) is 0 Å². The van der Waals surface area contributed by atoms with E-state index in [1.54, 1.807) is 0 Å². The summed E-state index contributed by atoms with van der Waals surface area (Å²) in [5.74, 6) is 0.984. The van der Waals surface area contributed by atoms with Gasteiger partial charge >= 0.3 is 0 Å². The summed E-state index contributed by atoms with van der Waals surface area (Å²) >= 11 is 0. The number of nitrogens with zero attached hydrogens (tertiary/aromatic N) is 3. The smallest absolute Gasteiger partial charge is 0.119 e. The van der Waals surface area contributed by atoms with Crippen molar-refractivity contribution in [1.29, 1.82) is 0 Å². The third kappa shape index (κ3) is 11.4. The fourth-order valence-corrected chi connectivity index (χ4v) is 3.30. The molecule has 0 atom stereocenters. The Balaban J connectivity index is 2.27. The topological polar surface area (TPSA) is 19.0 Å². The average molecular weight is 378 g/mol. The van der Waals surface area contributed by atoms with E-state index < -0.39 is 0 Å². The molecular formula is C23H43N3O. The van der Waals surface area contributed by atoms with Gasteiger partial charge in [0.2, 0.25) is 0 Å². The number of likely N-dealkylation sites (N-methyl/N-ethyl adjacent to an activating group) is 2. The lowest BCUT2D eigenvalue weighted by Gasteiger charge is -2.28. The third-order valence-corrected chi connectivity index (χ3v) is 5.38. The summed E-state index contributed by atoms with van der Waals surface area (Å²) in [7, 11) is 0. The van der Waals surface area contributed by atoms with Gasteiger partial charge in [-0.1, -0.05) is 45.9 Å². The lowest BCUT2D eigenvalue weighted by molar-refractivity contribution is 0.182. The lowest BCUT2D eigenvalue weighted by atomic mass is 10.2. The van der Waals surface area contributed by atoms with E-state index in [-0.39, 0.29) is 0 Å². The van der Waals surface area contributed by atoms with Crippen LogP contribution in [0.4, 0.5) is 0 Å². The predicted octanol–water partition coefficient (Wildman–Crippen LogP) is 4.22. The summed E-state index contributed by atoms with van der Waals surface area (Å²) in [6.07, 6.45) is 3.63. The normalized spacial score (nSPS) is 11.7. The molecule has 0 aliphatic rings. The Morgan fingerprint density at radius 2 is 1.11 bits per heavy atom. The van der Waals surface area contributed by atoms with Crippen LogP contribution >= 0.6 is 0 Å². The van der Waals surface area contributed by atoms with Gasteiger partial charge in [-0.2, -0.15) is 0 Å². The van der Waals surface area contributed by atoms with Crippen molar-refractivity contribution in [2.45, 2.75) is 47.0 Å². The van der Waals surface area contributed by atoms with Gasteiger partial charge in [0.1, 0.15) is 5.75 Å². The molecule has 0 aliphatic carbocycles. The van der Waals surface area contributed by atoms with Crippen molar-refractivity contribution < 1.29 is 4.74 Å². The molecule has 0 unspecified atom stereocenters. The highest BCUT2D eigenvalue weighted by molar-refractivity contribution is 5.20. The maximum atomic E-state index is 5.80. The first kappa shape index (κ1) is 23.9. The van der Waals surface area contributed by atoms with Crippen molar-refractivity contribution in [3.05, 3.63) is 30.3 Å². The van der Waals surface area contributed by atoms with Crippen LogP contribution in [-0.4, -0.2) is 80.2 Å². The second-order valence-corrected chi connectivity index (χ2v) is 7.12. The largest absolute Gasteiger partial charge is 0.494 e. The molecule has 0 amide bonds. The molecule has 4 nitrogen and oxygen atoms in total. The molecule has 0 saturated heterocycles. The van der Waals surface area contributed by atoms with Gasteiger partial charge in [0, 0.05) is 26.2 Å². The van der Waals surface area contributed by atoms with Gasteiger partial charge in [-0.25, -0.2) is 0 Å². The molecule has 0 heterocycles. The van der Waals surface area contributed by atoms with Crippen LogP contribution in [0.2, 0.25) is 0 Å². The minimum Gasteiger partial charge on any atom is -0.494 e. The number of ether oxygens (including phenoxy) is 1. The van der Waals surface area contributed by atoms with E-state index in [9.17, 15) is 0 Å². The standard InChI is InChI=1S/C23H43N3O/c1-5-24(6-2)18-20-26(21-19-25(7-3)8-4)17-13-10-14-22-27-23-15-11-9-12-16-23/h9,11-12,15-16H,5-8,10,13-14,17-22H2,1-4H3. The van der Waals surface area contributed by atoms with Crippen molar-refractivity contribution in [2.75, 3.05) is 65.5 Å². The van der Waals surface area contributed by atoms with Gasteiger partial charge in [0.05, 0.1) is 6.61 Å². The highest BCUT2D eigenvalue weighted by Gasteiger charge is 2.09. The molecule has 4 heteroatoms. The number of unbranched alkanes of at least 4 members (excludes halogenated alkanes) is 2. The predicted molar refractivity (Wildman–Crippen MR) is 118 cm³/mol. The number of hydrogen-bond acceptors (Lipinski definition) is 4. The summed E-state index contributed by atoms with van der Waals surface area (Å²) in [4.78, 5) is 7.71. The van der Waals surface area contributed by atoms with E-state index in [0.717, 1.165) is 45.0 Å². The molecule has 0 saturated carbocycles. The van der Waals surface area contributed by atoms with E-state index in [2.05, 4.69) is 42.4 Å². The van der Waals surface area contributed by atoms with Crippen molar-refractivity contribution in [1.82, 2.24) is 14.7 Å². The molecule has 0 aromatic heterocycles. The quantitative estimate of drug-likeness (QED) is 0.378. The Bertz CT molecular complexity index is 417. The Kier molecular flexibility index (Phi) is 14.1. The summed E-state index contributed by atoms with van der Waals surface area (Å²) in [6.45, 7) is 20.4. The highest BCUT2D eigenvalue weighted by Crippen LogP contribution is 2.09. The second-order valence-electron chi connectivity index (χ2n) is 7.12. The molecule has 156 valence electrons. The molecule has 0 fully saturated rings. The molecule has 0 spiro atoms. The zero-order valence-electron chi connectivity index (χ0n) is 18.3. The maximum Gasteiger partial charge on any atom is 0.119 e. The van der Waals surface area contributed by atoms with Crippen molar-refractivity contribution in [3.8, 4) is 5.75 Å². The summed E-state index contributed by atoms with van der Waals surface area (Å²) < 4.78 is 5.80. The summed E-state index contributed by atoms with van der Waals surface area (Å²) in [5.41, 5.74) is 0. The molecular weight excluding hydrogens is 334 g/mol. The number of benzene rings is 1. The average Bonchev–Trinajstić information content (AvgIpc) is 2.72. The molecule has 1 rings (SSSR count). The van der Waals surface area contributed by atoms with Crippen LogP contribution < -0.4 is 4.74 Å². The van der Waals surface area contributed by atoms with Crippen molar-refractivity contribution in [2.24, 2.45) is 0 Å². The fraction of sp³-hybridized carbons (Fsp3) is 0.739. The molecule has 0 N–H and O–H groups in total. The van der Waals surface area contributed by atoms with Gasteiger partial charge in [0.15, 0.2) is 0 Å². The van der Waals surface area contributed by atoms with Crippen molar-refractivity contribution >= 4 is 0 Å². The molecule has 1 aromatic carbocycles. The maximum absolute atomic E-state index is 5.80. The van der Waals surface area contributed by atoms with E-state index in [4.69, 9.17) is 4.74 Å². The molecule has 0 aliphatic heterocycles. The minimum atomic E-state index is 0.822. The first-order valence-electron chi connectivity index (χ1n) is 11.1. The molecule has 1 aromatic rings. The van der Waals surface area contributed by atoms with Gasteiger partial charge < -0.3 is 19.4 Å².